The molecule has 0 radical (unpaired) electrons. The molecule has 3 rings (SSSR count). The molecular weight excluding hydrogens is 206 g/mol. The Balaban J connectivity index is 2.05. The first-order chi connectivity index (χ1) is 8.40. The van der Waals surface area contributed by atoms with Gasteiger partial charge in [-0.2, -0.15) is 0 Å². The summed E-state index contributed by atoms with van der Waals surface area (Å²) in [5, 5.41) is 3.42. The lowest BCUT2D eigenvalue weighted by Crippen LogP contribution is -2.13. The van der Waals surface area contributed by atoms with Gasteiger partial charge < -0.3 is 5.32 Å². The van der Waals surface area contributed by atoms with Crippen molar-refractivity contribution in [3.8, 4) is 0 Å². The summed E-state index contributed by atoms with van der Waals surface area (Å²) in [5.74, 6) is 0.546. The molecule has 0 amide bonds. The van der Waals surface area contributed by atoms with Gasteiger partial charge in [-0.15, -0.1) is 0 Å². The van der Waals surface area contributed by atoms with E-state index in [0.29, 0.717) is 12.0 Å². The number of fused-ring (bicyclic) bond motifs is 1. The second kappa shape index (κ2) is 4.34. The van der Waals surface area contributed by atoms with Gasteiger partial charge in [-0.25, -0.2) is 0 Å². The molecule has 1 aliphatic rings. The summed E-state index contributed by atoms with van der Waals surface area (Å²) in [6.07, 6.45) is 1.17. The number of nitrogens with one attached hydrogen (secondary N) is 1. The second-order valence-electron chi connectivity index (χ2n) is 4.67. The summed E-state index contributed by atoms with van der Waals surface area (Å²) in [5.41, 5.74) is 4.37. The standard InChI is InChI=1S/C16H17N/c1-17-16-11-15(12-7-3-2-4-8-12)13-9-5-6-10-14(13)16/h2-10,15-17H,11H2,1H3. The third-order valence-electron chi connectivity index (χ3n) is 3.77. The van der Waals surface area contributed by atoms with E-state index in [4.69, 9.17) is 0 Å². The lowest BCUT2D eigenvalue weighted by Gasteiger charge is -2.12. The van der Waals surface area contributed by atoms with E-state index in [-0.39, 0.29) is 0 Å². The van der Waals surface area contributed by atoms with Crippen molar-refractivity contribution >= 4 is 0 Å². The molecule has 0 saturated carbocycles. The van der Waals surface area contributed by atoms with E-state index in [1.165, 1.54) is 23.1 Å². The van der Waals surface area contributed by atoms with Gasteiger partial charge in [0.15, 0.2) is 0 Å². The van der Waals surface area contributed by atoms with E-state index in [0.717, 1.165) is 0 Å². The summed E-state index contributed by atoms with van der Waals surface area (Å²) in [7, 11) is 2.05. The molecule has 0 fully saturated rings. The molecule has 86 valence electrons. The van der Waals surface area contributed by atoms with E-state index in [2.05, 4.69) is 67.0 Å². The first-order valence-corrected chi connectivity index (χ1v) is 6.21. The predicted molar refractivity (Wildman–Crippen MR) is 71.1 cm³/mol. The number of hydrogen-bond donors (Lipinski definition) is 1. The van der Waals surface area contributed by atoms with Crippen molar-refractivity contribution in [3.63, 3.8) is 0 Å². The minimum atomic E-state index is 0.497. The molecule has 1 nitrogen and oxygen atoms in total. The Morgan fingerprint density at radius 1 is 0.882 bits per heavy atom. The van der Waals surface area contributed by atoms with Crippen molar-refractivity contribution in [2.75, 3.05) is 7.05 Å². The summed E-state index contributed by atoms with van der Waals surface area (Å²) in [4.78, 5) is 0. The van der Waals surface area contributed by atoms with Gasteiger partial charge in [0.1, 0.15) is 0 Å². The summed E-state index contributed by atoms with van der Waals surface area (Å²) >= 11 is 0. The average Bonchev–Trinajstić information content (AvgIpc) is 2.78. The molecule has 0 aliphatic heterocycles. The highest BCUT2D eigenvalue weighted by atomic mass is 14.9. The third kappa shape index (κ3) is 1.77. The van der Waals surface area contributed by atoms with Crippen LogP contribution in [0.2, 0.25) is 0 Å². The van der Waals surface area contributed by atoms with Gasteiger partial charge in [0.05, 0.1) is 0 Å². The Hall–Kier alpha value is -1.60. The highest BCUT2D eigenvalue weighted by Crippen LogP contribution is 2.43. The zero-order chi connectivity index (χ0) is 11.7. The second-order valence-corrected chi connectivity index (χ2v) is 4.67. The molecule has 0 spiro atoms. The molecule has 2 aromatic carbocycles. The molecule has 0 bridgehead atoms. The Morgan fingerprint density at radius 2 is 1.53 bits per heavy atom. The highest BCUT2D eigenvalue weighted by molar-refractivity contribution is 5.44. The molecule has 0 aromatic heterocycles. The van der Waals surface area contributed by atoms with Gasteiger partial charge in [0.2, 0.25) is 0 Å². The van der Waals surface area contributed by atoms with Crippen LogP contribution in [0.3, 0.4) is 0 Å². The van der Waals surface area contributed by atoms with Crippen molar-refractivity contribution in [1.29, 1.82) is 0 Å². The highest BCUT2D eigenvalue weighted by Gasteiger charge is 2.30. The molecule has 1 aliphatic carbocycles. The van der Waals surface area contributed by atoms with Crippen LogP contribution in [0.4, 0.5) is 0 Å². The zero-order valence-corrected chi connectivity index (χ0v) is 10.1. The van der Waals surface area contributed by atoms with Crippen molar-refractivity contribution in [2.24, 2.45) is 0 Å². The molecule has 1 heteroatoms. The van der Waals surface area contributed by atoms with Crippen LogP contribution in [0.5, 0.6) is 0 Å². The van der Waals surface area contributed by atoms with Crippen molar-refractivity contribution in [2.45, 2.75) is 18.4 Å². The van der Waals surface area contributed by atoms with E-state index in [1.54, 1.807) is 0 Å². The minimum absolute atomic E-state index is 0.497. The van der Waals surface area contributed by atoms with Crippen LogP contribution in [-0.4, -0.2) is 7.05 Å². The van der Waals surface area contributed by atoms with Gasteiger partial charge >= 0.3 is 0 Å². The van der Waals surface area contributed by atoms with Crippen LogP contribution < -0.4 is 5.32 Å². The van der Waals surface area contributed by atoms with E-state index in [9.17, 15) is 0 Å². The molecule has 2 unspecified atom stereocenters. The Labute approximate surface area is 102 Å². The molecule has 0 saturated heterocycles. The quantitative estimate of drug-likeness (QED) is 0.822. The van der Waals surface area contributed by atoms with Gasteiger partial charge in [-0.1, -0.05) is 54.6 Å². The fraction of sp³-hybridized carbons (Fsp3) is 0.250. The molecular formula is C16H17N. The fourth-order valence-corrected chi connectivity index (χ4v) is 2.91. The smallest absolute Gasteiger partial charge is 0.0329 e. The maximum atomic E-state index is 3.42. The number of hydrogen-bond acceptors (Lipinski definition) is 1. The third-order valence-corrected chi connectivity index (χ3v) is 3.77. The first-order valence-electron chi connectivity index (χ1n) is 6.21. The van der Waals surface area contributed by atoms with Crippen LogP contribution >= 0.6 is 0 Å². The first kappa shape index (κ1) is 10.5. The van der Waals surface area contributed by atoms with Crippen LogP contribution in [0.1, 0.15) is 35.1 Å². The van der Waals surface area contributed by atoms with Gasteiger partial charge in [0.25, 0.3) is 0 Å². The van der Waals surface area contributed by atoms with Gasteiger partial charge in [-0.05, 0) is 30.2 Å². The van der Waals surface area contributed by atoms with Crippen molar-refractivity contribution in [1.82, 2.24) is 5.32 Å². The van der Waals surface area contributed by atoms with Crippen LogP contribution in [0.25, 0.3) is 0 Å². The maximum Gasteiger partial charge on any atom is 0.0329 e. The van der Waals surface area contributed by atoms with E-state index < -0.39 is 0 Å². The fourth-order valence-electron chi connectivity index (χ4n) is 2.91. The minimum Gasteiger partial charge on any atom is -0.313 e. The molecule has 2 atom stereocenters. The SMILES string of the molecule is CNC1CC(c2ccccc2)c2ccccc21. The number of rotatable bonds is 2. The lowest BCUT2D eigenvalue weighted by atomic mass is 9.93. The molecule has 1 N–H and O–H groups in total. The average molecular weight is 223 g/mol. The normalized spacial score (nSPS) is 22.4. The summed E-state index contributed by atoms with van der Waals surface area (Å²) in [6, 6.07) is 20.1. The summed E-state index contributed by atoms with van der Waals surface area (Å²) in [6.45, 7) is 0. The molecule has 17 heavy (non-hydrogen) atoms. The van der Waals surface area contributed by atoms with Crippen molar-refractivity contribution < 1.29 is 0 Å². The Kier molecular flexibility index (Phi) is 2.69. The topological polar surface area (TPSA) is 12.0 Å². The Bertz CT molecular complexity index is 504. The lowest BCUT2D eigenvalue weighted by molar-refractivity contribution is 0.564. The largest absolute Gasteiger partial charge is 0.313 e. The Morgan fingerprint density at radius 3 is 2.24 bits per heavy atom. The van der Waals surface area contributed by atoms with E-state index >= 15 is 0 Å². The van der Waals surface area contributed by atoms with Crippen molar-refractivity contribution in [3.05, 3.63) is 71.3 Å². The monoisotopic (exact) mass is 223 g/mol. The summed E-state index contributed by atoms with van der Waals surface area (Å²) < 4.78 is 0. The zero-order valence-electron chi connectivity index (χ0n) is 10.1. The van der Waals surface area contributed by atoms with E-state index in [1.807, 2.05) is 0 Å². The van der Waals surface area contributed by atoms with Crippen LogP contribution in [0.15, 0.2) is 54.6 Å². The predicted octanol–water partition coefficient (Wildman–Crippen LogP) is 3.48. The van der Waals surface area contributed by atoms with Gasteiger partial charge in [-0.3, -0.25) is 0 Å². The molecule has 2 aromatic rings. The maximum absolute atomic E-state index is 3.42. The number of benzene rings is 2. The van der Waals surface area contributed by atoms with Gasteiger partial charge in [0, 0.05) is 12.0 Å². The molecule has 0 heterocycles. The van der Waals surface area contributed by atoms with Crippen LogP contribution in [-0.2, 0) is 0 Å². The van der Waals surface area contributed by atoms with Crippen LogP contribution in [0, 0.1) is 0 Å².